The SMILES string of the molecule is C.CC(C)(C)NCC1COc2ccccc2O1. The van der Waals surface area contributed by atoms with Gasteiger partial charge in [0.15, 0.2) is 11.5 Å². The molecule has 1 aliphatic heterocycles. The summed E-state index contributed by atoms with van der Waals surface area (Å²) >= 11 is 0. The van der Waals surface area contributed by atoms with Crippen LogP contribution in [0.3, 0.4) is 0 Å². The van der Waals surface area contributed by atoms with Crippen LogP contribution in [0.5, 0.6) is 11.5 Å². The van der Waals surface area contributed by atoms with Crippen molar-refractivity contribution in [2.24, 2.45) is 0 Å². The molecule has 1 heterocycles. The summed E-state index contributed by atoms with van der Waals surface area (Å²) in [6.07, 6.45) is 0.0918. The molecule has 0 spiro atoms. The van der Waals surface area contributed by atoms with Crippen LogP contribution < -0.4 is 14.8 Å². The highest BCUT2D eigenvalue weighted by Crippen LogP contribution is 2.30. The molecule has 1 unspecified atom stereocenters. The Morgan fingerprint density at radius 1 is 1.24 bits per heavy atom. The van der Waals surface area contributed by atoms with Crippen LogP contribution in [-0.4, -0.2) is 24.8 Å². The third-order valence-electron chi connectivity index (χ3n) is 2.43. The summed E-state index contributed by atoms with van der Waals surface area (Å²) in [7, 11) is 0. The van der Waals surface area contributed by atoms with Crippen LogP contribution in [0.1, 0.15) is 28.2 Å². The number of rotatable bonds is 2. The second kappa shape index (κ2) is 5.41. The maximum absolute atomic E-state index is 5.84. The summed E-state index contributed by atoms with van der Waals surface area (Å²) in [5, 5.41) is 3.42. The quantitative estimate of drug-likeness (QED) is 0.858. The monoisotopic (exact) mass is 237 g/mol. The lowest BCUT2D eigenvalue weighted by Crippen LogP contribution is -2.45. The Kier molecular flexibility index (Phi) is 4.40. The van der Waals surface area contributed by atoms with Crippen molar-refractivity contribution in [2.75, 3.05) is 13.2 Å². The lowest BCUT2D eigenvalue weighted by Gasteiger charge is -2.29. The zero-order valence-electron chi connectivity index (χ0n) is 10.1. The fourth-order valence-corrected chi connectivity index (χ4v) is 1.58. The second-order valence-corrected chi connectivity index (χ2v) is 5.13. The van der Waals surface area contributed by atoms with E-state index in [1.807, 2.05) is 24.3 Å². The molecule has 0 saturated heterocycles. The average Bonchev–Trinajstić information content (AvgIpc) is 2.25. The Morgan fingerprint density at radius 3 is 2.53 bits per heavy atom. The number of benzene rings is 1. The van der Waals surface area contributed by atoms with Gasteiger partial charge in [0.05, 0.1) is 0 Å². The van der Waals surface area contributed by atoms with Gasteiger partial charge in [0.2, 0.25) is 0 Å². The molecule has 0 saturated carbocycles. The van der Waals surface area contributed by atoms with Gasteiger partial charge in [0, 0.05) is 12.1 Å². The van der Waals surface area contributed by atoms with Crippen LogP contribution in [0, 0.1) is 0 Å². The molecular formula is C14H23NO2. The topological polar surface area (TPSA) is 30.5 Å². The number of hydrogen-bond donors (Lipinski definition) is 1. The van der Waals surface area contributed by atoms with E-state index >= 15 is 0 Å². The highest BCUT2D eigenvalue weighted by molar-refractivity contribution is 5.40. The van der Waals surface area contributed by atoms with Gasteiger partial charge in [0.25, 0.3) is 0 Å². The minimum Gasteiger partial charge on any atom is -0.486 e. The van der Waals surface area contributed by atoms with Gasteiger partial charge in [0.1, 0.15) is 12.7 Å². The fourth-order valence-electron chi connectivity index (χ4n) is 1.58. The molecule has 0 aliphatic carbocycles. The van der Waals surface area contributed by atoms with Gasteiger partial charge < -0.3 is 14.8 Å². The van der Waals surface area contributed by atoms with Gasteiger partial charge in [-0.1, -0.05) is 19.6 Å². The molecule has 0 fully saturated rings. The minimum atomic E-state index is 0. The van der Waals surface area contributed by atoms with Crippen molar-refractivity contribution in [3.63, 3.8) is 0 Å². The molecule has 1 aliphatic rings. The predicted molar refractivity (Wildman–Crippen MR) is 70.8 cm³/mol. The van der Waals surface area contributed by atoms with Crippen molar-refractivity contribution in [1.82, 2.24) is 5.32 Å². The Morgan fingerprint density at radius 2 is 1.88 bits per heavy atom. The van der Waals surface area contributed by atoms with Gasteiger partial charge in [-0.15, -0.1) is 0 Å². The Labute approximate surface area is 104 Å². The van der Waals surface area contributed by atoms with Crippen molar-refractivity contribution < 1.29 is 9.47 Å². The summed E-state index contributed by atoms with van der Waals surface area (Å²) in [6, 6.07) is 7.79. The molecule has 1 aromatic carbocycles. The first-order valence-electron chi connectivity index (χ1n) is 5.68. The van der Waals surface area contributed by atoms with Crippen molar-refractivity contribution >= 4 is 0 Å². The molecular weight excluding hydrogens is 214 g/mol. The van der Waals surface area contributed by atoms with Crippen LogP contribution in [-0.2, 0) is 0 Å². The summed E-state index contributed by atoms with van der Waals surface area (Å²) < 4.78 is 11.5. The van der Waals surface area contributed by atoms with Crippen LogP contribution >= 0.6 is 0 Å². The molecule has 0 bridgehead atoms. The van der Waals surface area contributed by atoms with E-state index in [4.69, 9.17) is 9.47 Å². The number of hydrogen-bond acceptors (Lipinski definition) is 3. The molecule has 0 amide bonds. The van der Waals surface area contributed by atoms with Crippen LogP contribution in [0.25, 0.3) is 0 Å². The standard InChI is InChI=1S/C13H19NO2.CH4/c1-13(2,3)14-8-10-9-15-11-6-4-5-7-12(11)16-10;/h4-7,10,14H,8-9H2,1-3H3;1H4. The Hall–Kier alpha value is -1.22. The van der Waals surface area contributed by atoms with Gasteiger partial charge in [-0.05, 0) is 32.9 Å². The van der Waals surface area contributed by atoms with Crippen molar-refractivity contribution in [1.29, 1.82) is 0 Å². The first kappa shape index (κ1) is 13.8. The van der Waals surface area contributed by atoms with Crippen molar-refractivity contribution in [3.8, 4) is 11.5 Å². The molecule has 3 heteroatoms. The normalized spacial score (nSPS) is 18.4. The summed E-state index contributed by atoms with van der Waals surface area (Å²) in [5.41, 5.74) is 0.111. The fraction of sp³-hybridized carbons (Fsp3) is 0.571. The zero-order valence-corrected chi connectivity index (χ0v) is 10.1. The average molecular weight is 237 g/mol. The van der Waals surface area contributed by atoms with Crippen molar-refractivity contribution in [3.05, 3.63) is 24.3 Å². The van der Waals surface area contributed by atoms with E-state index in [2.05, 4.69) is 26.1 Å². The largest absolute Gasteiger partial charge is 0.486 e. The van der Waals surface area contributed by atoms with Gasteiger partial charge in [-0.2, -0.15) is 0 Å². The molecule has 1 aromatic rings. The van der Waals surface area contributed by atoms with E-state index < -0.39 is 0 Å². The molecule has 1 atom stereocenters. The molecule has 0 radical (unpaired) electrons. The molecule has 3 nitrogen and oxygen atoms in total. The van der Waals surface area contributed by atoms with E-state index in [9.17, 15) is 0 Å². The van der Waals surface area contributed by atoms with Gasteiger partial charge in [-0.3, -0.25) is 0 Å². The summed E-state index contributed by atoms with van der Waals surface area (Å²) in [5.74, 6) is 1.68. The predicted octanol–water partition coefficient (Wildman–Crippen LogP) is 2.85. The third-order valence-corrected chi connectivity index (χ3v) is 2.43. The Bertz CT molecular complexity index is 357. The number of fused-ring (bicyclic) bond motifs is 1. The first-order valence-corrected chi connectivity index (χ1v) is 5.68. The molecule has 0 aromatic heterocycles. The smallest absolute Gasteiger partial charge is 0.161 e. The van der Waals surface area contributed by atoms with E-state index in [0.29, 0.717) is 6.61 Å². The minimum absolute atomic E-state index is 0. The highest BCUT2D eigenvalue weighted by atomic mass is 16.6. The van der Waals surface area contributed by atoms with E-state index in [1.165, 1.54) is 0 Å². The first-order chi connectivity index (χ1) is 7.54. The lowest BCUT2D eigenvalue weighted by atomic mass is 10.1. The van der Waals surface area contributed by atoms with E-state index in [0.717, 1.165) is 18.0 Å². The Balaban J connectivity index is 0.00000144. The number of nitrogens with one attached hydrogen (secondary N) is 1. The molecule has 2 rings (SSSR count). The van der Waals surface area contributed by atoms with Crippen LogP contribution in [0.2, 0.25) is 0 Å². The maximum atomic E-state index is 5.84. The lowest BCUT2D eigenvalue weighted by molar-refractivity contribution is 0.0855. The van der Waals surface area contributed by atoms with Crippen LogP contribution in [0.15, 0.2) is 24.3 Å². The van der Waals surface area contributed by atoms with Gasteiger partial charge >= 0.3 is 0 Å². The van der Waals surface area contributed by atoms with Crippen molar-refractivity contribution in [2.45, 2.75) is 39.8 Å². The number of ether oxygens (including phenoxy) is 2. The zero-order chi connectivity index (χ0) is 11.6. The maximum Gasteiger partial charge on any atom is 0.161 e. The van der Waals surface area contributed by atoms with E-state index in [-0.39, 0.29) is 19.1 Å². The van der Waals surface area contributed by atoms with E-state index in [1.54, 1.807) is 0 Å². The molecule has 1 N–H and O–H groups in total. The molecule has 96 valence electrons. The molecule has 17 heavy (non-hydrogen) atoms. The highest BCUT2D eigenvalue weighted by Gasteiger charge is 2.21. The second-order valence-electron chi connectivity index (χ2n) is 5.13. The number of para-hydroxylation sites is 2. The van der Waals surface area contributed by atoms with Gasteiger partial charge in [-0.25, -0.2) is 0 Å². The summed E-state index contributed by atoms with van der Waals surface area (Å²) in [6.45, 7) is 7.85. The summed E-state index contributed by atoms with van der Waals surface area (Å²) in [4.78, 5) is 0. The third kappa shape index (κ3) is 3.93. The van der Waals surface area contributed by atoms with Crippen LogP contribution in [0.4, 0.5) is 0 Å².